The number of alkyl halides is 3. The van der Waals surface area contributed by atoms with Gasteiger partial charge in [-0.3, -0.25) is 4.79 Å². The minimum absolute atomic E-state index is 0.129. The van der Waals surface area contributed by atoms with Gasteiger partial charge in [-0.25, -0.2) is 5.10 Å². The third kappa shape index (κ3) is 2.08. The van der Waals surface area contributed by atoms with Crippen LogP contribution in [-0.2, 0) is 10.9 Å². The average Bonchev–Trinajstić information content (AvgIpc) is 2.69. The largest absolute Gasteiger partial charge is 0.421 e. The third-order valence-electron chi connectivity index (χ3n) is 2.39. The first-order valence-electron chi connectivity index (χ1n) is 4.77. The summed E-state index contributed by atoms with van der Waals surface area (Å²) in [5.74, 6) is 0. The van der Waals surface area contributed by atoms with Crippen molar-refractivity contribution < 1.29 is 17.9 Å². The minimum Gasteiger partial charge on any atom is -0.372 e. The zero-order chi connectivity index (χ0) is 11.8. The molecule has 1 aliphatic rings. The average molecular weight is 234 g/mol. The number of hydrogen-bond donors (Lipinski definition) is 1. The van der Waals surface area contributed by atoms with Crippen molar-refractivity contribution in [3.63, 3.8) is 0 Å². The third-order valence-corrected chi connectivity index (χ3v) is 2.39. The Labute approximate surface area is 88.4 Å². The van der Waals surface area contributed by atoms with Gasteiger partial charge in [-0.15, -0.1) is 0 Å². The van der Waals surface area contributed by atoms with Gasteiger partial charge < -0.3 is 4.74 Å². The summed E-state index contributed by atoms with van der Waals surface area (Å²) in [6.45, 7) is 0.507. The number of aromatic amines is 1. The number of aromatic nitrogens is 2. The Balaban J connectivity index is 2.39. The number of halogens is 3. The topological polar surface area (TPSA) is 55.0 Å². The molecule has 0 radical (unpaired) electrons. The molecule has 1 aromatic rings. The summed E-state index contributed by atoms with van der Waals surface area (Å²) in [5, 5.41) is 5.42. The molecule has 1 atom stereocenters. The Kier molecular flexibility index (Phi) is 2.71. The maximum Gasteiger partial charge on any atom is 0.421 e. The van der Waals surface area contributed by atoms with E-state index >= 15 is 0 Å². The molecule has 0 saturated carbocycles. The van der Waals surface area contributed by atoms with Crippen molar-refractivity contribution in [2.75, 3.05) is 6.61 Å². The van der Waals surface area contributed by atoms with E-state index in [1.54, 1.807) is 0 Å². The molecule has 1 aliphatic heterocycles. The van der Waals surface area contributed by atoms with Crippen LogP contribution in [0.1, 0.15) is 30.2 Å². The first kappa shape index (κ1) is 11.1. The second kappa shape index (κ2) is 3.89. The maximum absolute atomic E-state index is 12.4. The van der Waals surface area contributed by atoms with Gasteiger partial charge in [0.05, 0.1) is 5.69 Å². The summed E-state index contributed by atoms with van der Waals surface area (Å²) >= 11 is 0. The van der Waals surface area contributed by atoms with Gasteiger partial charge >= 0.3 is 6.18 Å². The molecule has 0 aromatic carbocycles. The molecule has 88 valence electrons. The van der Waals surface area contributed by atoms with Crippen molar-refractivity contribution in [1.82, 2.24) is 10.2 Å². The molecule has 16 heavy (non-hydrogen) atoms. The predicted molar refractivity (Wildman–Crippen MR) is 47.8 cm³/mol. The molecule has 0 amide bonds. The number of rotatable bonds is 1. The monoisotopic (exact) mass is 234 g/mol. The molecule has 1 saturated heterocycles. The lowest BCUT2D eigenvalue weighted by molar-refractivity contribution is -0.138. The van der Waals surface area contributed by atoms with E-state index in [4.69, 9.17) is 4.74 Å². The van der Waals surface area contributed by atoms with Crippen LogP contribution < -0.4 is 5.56 Å². The lowest BCUT2D eigenvalue weighted by Gasteiger charge is -2.10. The molecule has 0 spiro atoms. The fourth-order valence-corrected chi connectivity index (χ4v) is 1.61. The van der Waals surface area contributed by atoms with Crippen molar-refractivity contribution in [1.29, 1.82) is 0 Å². The molecule has 2 rings (SSSR count). The van der Waals surface area contributed by atoms with Crippen molar-refractivity contribution >= 4 is 0 Å². The molecule has 2 heterocycles. The highest BCUT2D eigenvalue weighted by Gasteiger charge is 2.35. The number of ether oxygens (including phenoxy) is 1. The Hall–Kier alpha value is -1.37. The van der Waals surface area contributed by atoms with Crippen LogP contribution in [-0.4, -0.2) is 16.8 Å². The highest BCUT2D eigenvalue weighted by atomic mass is 19.4. The van der Waals surface area contributed by atoms with E-state index in [9.17, 15) is 18.0 Å². The van der Waals surface area contributed by atoms with E-state index in [0.717, 1.165) is 12.5 Å². The first-order chi connectivity index (χ1) is 7.48. The molecule has 1 N–H and O–H groups in total. The zero-order valence-electron chi connectivity index (χ0n) is 8.17. The van der Waals surface area contributed by atoms with E-state index in [0.29, 0.717) is 13.0 Å². The van der Waals surface area contributed by atoms with Gasteiger partial charge in [-0.1, -0.05) is 0 Å². The fourth-order valence-electron chi connectivity index (χ4n) is 1.61. The van der Waals surface area contributed by atoms with Crippen molar-refractivity contribution in [2.24, 2.45) is 0 Å². The number of hydrogen-bond acceptors (Lipinski definition) is 3. The number of nitrogens with zero attached hydrogens (tertiary/aromatic N) is 1. The molecular weight excluding hydrogens is 225 g/mol. The van der Waals surface area contributed by atoms with E-state index < -0.39 is 23.4 Å². The van der Waals surface area contributed by atoms with Crippen molar-refractivity contribution in [3.8, 4) is 0 Å². The molecule has 1 aromatic heterocycles. The van der Waals surface area contributed by atoms with Gasteiger partial charge in [-0.05, 0) is 18.9 Å². The molecule has 1 unspecified atom stereocenters. The smallest absolute Gasteiger partial charge is 0.372 e. The predicted octanol–water partition coefficient (Wildman–Crippen LogP) is 1.64. The molecule has 4 nitrogen and oxygen atoms in total. The van der Waals surface area contributed by atoms with E-state index in [1.165, 1.54) is 0 Å². The Morgan fingerprint density at radius 3 is 2.81 bits per heavy atom. The van der Waals surface area contributed by atoms with E-state index in [-0.39, 0.29) is 5.69 Å². The second-order valence-electron chi connectivity index (χ2n) is 3.54. The highest BCUT2D eigenvalue weighted by molar-refractivity contribution is 5.18. The van der Waals surface area contributed by atoms with Crippen molar-refractivity contribution in [3.05, 3.63) is 27.7 Å². The summed E-state index contributed by atoms with van der Waals surface area (Å²) in [6, 6.07) is 0.759. The van der Waals surface area contributed by atoms with Crippen molar-refractivity contribution in [2.45, 2.75) is 25.1 Å². The number of nitrogens with one attached hydrogen (secondary N) is 1. The van der Waals surface area contributed by atoms with E-state index in [2.05, 4.69) is 5.10 Å². The van der Waals surface area contributed by atoms with E-state index in [1.807, 2.05) is 5.10 Å². The fraction of sp³-hybridized carbons (Fsp3) is 0.556. The lowest BCUT2D eigenvalue weighted by atomic mass is 10.1. The second-order valence-corrected chi connectivity index (χ2v) is 3.54. The van der Waals surface area contributed by atoms with Crippen LogP contribution in [0.15, 0.2) is 10.9 Å². The van der Waals surface area contributed by atoms with Crippen LogP contribution in [0.5, 0.6) is 0 Å². The summed E-state index contributed by atoms with van der Waals surface area (Å²) in [5.41, 5.74) is -2.33. The molecule has 1 fully saturated rings. The summed E-state index contributed by atoms with van der Waals surface area (Å²) in [7, 11) is 0. The molecule has 7 heteroatoms. The van der Waals surface area contributed by atoms with Crippen LogP contribution in [0.4, 0.5) is 13.2 Å². The molecule has 0 aliphatic carbocycles. The van der Waals surface area contributed by atoms with Gasteiger partial charge in [-0.2, -0.15) is 18.3 Å². The normalized spacial score (nSPS) is 21.3. The first-order valence-corrected chi connectivity index (χ1v) is 4.77. The summed E-state index contributed by atoms with van der Waals surface area (Å²) in [6.07, 6.45) is -3.70. The van der Waals surface area contributed by atoms with Gasteiger partial charge in [0.1, 0.15) is 11.7 Å². The number of H-pyrrole nitrogens is 1. The molecule has 0 bridgehead atoms. The van der Waals surface area contributed by atoms with Crippen LogP contribution >= 0.6 is 0 Å². The van der Waals surface area contributed by atoms with Gasteiger partial charge in [0.25, 0.3) is 5.56 Å². The Morgan fingerprint density at radius 2 is 2.25 bits per heavy atom. The van der Waals surface area contributed by atoms with Crippen LogP contribution in [0, 0.1) is 0 Å². The SMILES string of the molecule is O=c1[nH]nc(C2CCCO2)cc1C(F)(F)F. The van der Waals surface area contributed by atoms with Gasteiger partial charge in [0, 0.05) is 6.61 Å². The Bertz CT molecular complexity index is 435. The van der Waals surface area contributed by atoms with Crippen LogP contribution in [0.2, 0.25) is 0 Å². The summed E-state index contributed by atoms with van der Waals surface area (Å²) < 4.78 is 42.5. The minimum atomic E-state index is -4.66. The van der Waals surface area contributed by atoms with Gasteiger partial charge in [0.15, 0.2) is 0 Å². The summed E-state index contributed by atoms with van der Waals surface area (Å²) in [4.78, 5) is 11.0. The highest BCUT2D eigenvalue weighted by Crippen LogP contribution is 2.30. The van der Waals surface area contributed by atoms with Crippen LogP contribution in [0.3, 0.4) is 0 Å². The van der Waals surface area contributed by atoms with Gasteiger partial charge in [0.2, 0.25) is 0 Å². The maximum atomic E-state index is 12.4. The zero-order valence-corrected chi connectivity index (χ0v) is 8.17. The Morgan fingerprint density at radius 1 is 1.50 bits per heavy atom. The standard InChI is InChI=1S/C9H9F3N2O2/c10-9(11,12)5-4-6(13-14-8(5)15)7-2-1-3-16-7/h4,7H,1-3H2,(H,14,15). The van der Waals surface area contributed by atoms with Crippen LogP contribution in [0.25, 0.3) is 0 Å². The molecular formula is C9H9F3N2O2. The lowest BCUT2D eigenvalue weighted by Crippen LogP contribution is -2.23. The quantitative estimate of drug-likeness (QED) is 0.803.